The topological polar surface area (TPSA) is 106 Å². The number of nitrogens with one attached hydrogen (secondary N) is 1. The molecule has 1 aromatic heterocycles. The van der Waals surface area contributed by atoms with Gasteiger partial charge in [0.15, 0.2) is 0 Å². The van der Waals surface area contributed by atoms with Crippen LogP contribution in [0, 0.1) is 0 Å². The van der Waals surface area contributed by atoms with Gasteiger partial charge in [-0.1, -0.05) is 72.8 Å². The van der Waals surface area contributed by atoms with Crippen LogP contribution in [0.3, 0.4) is 0 Å². The quantitative estimate of drug-likeness (QED) is 0.0899. The summed E-state index contributed by atoms with van der Waals surface area (Å²) in [4.78, 5) is 12.6. The molecule has 204 valence electrons. The lowest BCUT2D eigenvalue weighted by atomic mass is 10.1. The first-order valence-corrected chi connectivity index (χ1v) is 12.1. The van der Waals surface area contributed by atoms with Crippen LogP contribution < -0.4 is 14.9 Å². The first kappa shape index (κ1) is 26.9. The number of alkyl halides is 3. The predicted molar refractivity (Wildman–Crippen MR) is 145 cm³/mol. The Kier molecular flexibility index (Phi) is 8.19. The smallest absolute Gasteiger partial charge is 0.417 e. The standard InChI is InChI=1S/C29H20F3N7O2/c30-29(31,32)24-19-11-10-18-23(24)25(37-36-20-12-4-1-5-13-20)38-39-26-33-27(40-21-14-6-2-7-15-21)35-28(34-26)41-22-16-8-3-9-17-22/h1-19H,(H,33,34,35,39)/b37-36?,38-25+. The largest absolute Gasteiger partial charge is 0.424 e. The fourth-order valence-electron chi connectivity index (χ4n) is 3.43. The van der Waals surface area contributed by atoms with Crippen molar-refractivity contribution in [2.24, 2.45) is 15.3 Å². The summed E-state index contributed by atoms with van der Waals surface area (Å²) in [5, 5.41) is 12.2. The van der Waals surface area contributed by atoms with E-state index in [1.807, 2.05) is 12.1 Å². The third kappa shape index (κ3) is 7.47. The Labute approximate surface area is 232 Å². The van der Waals surface area contributed by atoms with Crippen LogP contribution in [0.5, 0.6) is 23.5 Å². The monoisotopic (exact) mass is 555 g/mol. The average molecular weight is 556 g/mol. The van der Waals surface area contributed by atoms with Crippen LogP contribution in [0.15, 0.2) is 131 Å². The maximum atomic E-state index is 13.8. The molecule has 0 saturated heterocycles. The van der Waals surface area contributed by atoms with Gasteiger partial charge in [-0.25, -0.2) is 5.43 Å². The van der Waals surface area contributed by atoms with Crippen LogP contribution in [-0.2, 0) is 6.18 Å². The van der Waals surface area contributed by atoms with Gasteiger partial charge in [-0.15, -0.1) is 15.2 Å². The molecule has 5 rings (SSSR count). The molecule has 0 fully saturated rings. The Bertz CT molecular complexity index is 1590. The highest BCUT2D eigenvalue weighted by molar-refractivity contribution is 6.01. The zero-order valence-electron chi connectivity index (χ0n) is 21.1. The molecule has 0 atom stereocenters. The second-order valence-corrected chi connectivity index (χ2v) is 8.18. The number of azo groups is 1. The van der Waals surface area contributed by atoms with E-state index in [0.717, 1.165) is 6.07 Å². The highest BCUT2D eigenvalue weighted by Gasteiger charge is 2.34. The number of ether oxygens (including phenoxy) is 2. The number of nitrogens with zero attached hydrogens (tertiary/aromatic N) is 6. The van der Waals surface area contributed by atoms with Gasteiger partial charge in [-0.3, -0.25) is 0 Å². The molecular weight excluding hydrogens is 535 g/mol. The van der Waals surface area contributed by atoms with Crippen LogP contribution in [0.2, 0.25) is 0 Å². The maximum absolute atomic E-state index is 13.8. The lowest BCUT2D eigenvalue weighted by molar-refractivity contribution is -0.137. The van der Waals surface area contributed by atoms with Crippen LogP contribution in [-0.4, -0.2) is 20.8 Å². The molecule has 9 nitrogen and oxygen atoms in total. The molecule has 41 heavy (non-hydrogen) atoms. The molecule has 0 aliphatic rings. The van der Waals surface area contributed by atoms with Crippen molar-refractivity contribution in [2.75, 3.05) is 5.43 Å². The van der Waals surface area contributed by atoms with Crippen LogP contribution in [0.4, 0.5) is 24.8 Å². The van der Waals surface area contributed by atoms with Crippen molar-refractivity contribution < 1.29 is 22.6 Å². The van der Waals surface area contributed by atoms with Gasteiger partial charge in [0.2, 0.25) is 5.84 Å². The number of hydrogen-bond donors (Lipinski definition) is 1. The number of benzene rings is 4. The number of hydrazone groups is 1. The molecule has 0 bridgehead atoms. The molecule has 0 saturated carbocycles. The Morgan fingerprint density at radius 3 is 1.71 bits per heavy atom. The summed E-state index contributed by atoms with van der Waals surface area (Å²) < 4.78 is 53.0. The molecule has 0 aliphatic heterocycles. The number of halogens is 3. The van der Waals surface area contributed by atoms with Crippen molar-refractivity contribution >= 4 is 17.5 Å². The number of hydrogen-bond acceptors (Lipinski definition) is 8. The molecule has 0 spiro atoms. The minimum absolute atomic E-state index is 0.141. The molecule has 0 aliphatic carbocycles. The molecule has 1 heterocycles. The SMILES string of the molecule is FC(F)(F)c1ccccc1/C(N=Nc1ccccc1)=N\Nc1nc(Oc2ccccc2)nc(Oc2ccccc2)n1. The summed E-state index contributed by atoms with van der Waals surface area (Å²) in [5.74, 6) is 0.345. The minimum Gasteiger partial charge on any atom is -0.424 e. The van der Waals surface area contributed by atoms with Crippen LogP contribution in [0.1, 0.15) is 11.1 Å². The van der Waals surface area contributed by atoms with E-state index < -0.39 is 11.7 Å². The summed E-state index contributed by atoms with van der Waals surface area (Å²) in [6, 6.07) is 30.6. The maximum Gasteiger partial charge on any atom is 0.417 e. The molecule has 0 amide bonds. The molecule has 1 N–H and O–H groups in total. The summed E-state index contributed by atoms with van der Waals surface area (Å²) in [6.45, 7) is 0. The second kappa shape index (κ2) is 12.5. The van der Waals surface area contributed by atoms with Gasteiger partial charge in [-0.2, -0.15) is 28.2 Å². The van der Waals surface area contributed by atoms with E-state index >= 15 is 0 Å². The van der Waals surface area contributed by atoms with Gasteiger partial charge in [-0.05, 0) is 42.5 Å². The zero-order chi connectivity index (χ0) is 28.5. The van der Waals surface area contributed by atoms with Gasteiger partial charge in [0, 0.05) is 5.56 Å². The van der Waals surface area contributed by atoms with E-state index in [1.165, 1.54) is 18.2 Å². The fraction of sp³-hybridized carbons (Fsp3) is 0.0345. The highest BCUT2D eigenvalue weighted by Crippen LogP contribution is 2.33. The highest BCUT2D eigenvalue weighted by atomic mass is 19.4. The Morgan fingerprint density at radius 1 is 0.634 bits per heavy atom. The van der Waals surface area contributed by atoms with E-state index in [9.17, 15) is 13.2 Å². The van der Waals surface area contributed by atoms with Crippen LogP contribution >= 0.6 is 0 Å². The number of amidine groups is 1. The van der Waals surface area contributed by atoms with Crippen molar-refractivity contribution in [2.45, 2.75) is 6.18 Å². The number of rotatable bonds is 8. The predicted octanol–water partition coefficient (Wildman–Crippen LogP) is 8.03. The first-order valence-electron chi connectivity index (χ1n) is 12.1. The first-order chi connectivity index (χ1) is 19.9. The normalized spacial score (nSPS) is 11.8. The van der Waals surface area contributed by atoms with E-state index in [2.05, 4.69) is 35.7 Å². The molecule has 4 aromatic carbocycles. The third-order valence-electron chi connectivity index (χ3n) is 5.25. The van der Waals surface area contributed by atoms with Crippen LogP contribution in [0.25, 0.3) is 0 Å². The van der Waals surface area contributed by atoms with E-state index in [-0.39, 0.29) is 29.4 Å². The lowest BCUT2D eigenvalue weighted by Crippen LogP contribution is -2.13. The van der Waals surface area contributed by atoms with Crippen molar-refractivity contribution in [3.8, 4) is 23.5 Å². The van der Waals surface area contributed by atoms with Crippen molar-refractivity contribution in [3.63, 3.8) is 0 Å². The van der Waals surface area contributed by atoms with Gasteiger partial charge in [0.25, 0.3) is 5.95 Å². The van der Waals surface area contributed by atoms with Crippen molar-refractivity contribution in [3.05, 3.63) is 126 Å². The number of anilines is 1. The Morgan fingerprint density at radius 2 is 1.15 bits per heavy atom. The van der Waals surface area contributed by atoms with Gasteiger partial charge in [0.1, 0.15) is 11.5 Å². The van der Waals surface area contributed by atoms with E-state index in [0.29, 0.717) is 17.2 Å². The summed E-state index contributed by atoms with van der Waals surface area (Å²) in [5.41, 5.74) is 1.73. The molecule has 0 radical (unpaired) electrons. The lowest BCUT2D eigenvalue weighted by Gasteiger charge is -2.12. The van der Waals surface area contributed by atoms with E-state index in [4.69, 9.17) is 9.47 Å². The van der Waals surface area contributed by atoms with E-state index in [1.54, 1.807) is 78.9 Å². The fourth-order valence-corrected chi connectivity index (χ4v) is 3.43. The second-order valence-electron chi connectivity index (χ2n) is 8.18. The summed E-state index contributed by atoms with van der Waals surface area (Å²) in [7, 11) is 0. The summed E-state index contributed by atoms with van der Waals surface area (Å²) in [6.07, 6.45) is -4.67. The average Bonchev–Trinajstić information content (AvgIpc) is 2.98. The third-order valence-corrected chi connectivity index (χ3v) is 5.25. The Balaban J connectivity index is 1.53. The molecular formula is C29H20F3N7O2. The molecule has 5 aromatic rings. The summed E-state index contributed by atoms with van der Waals surface area (Å²) >= 11 is 0. The van der Waals surface area contributed by atoms with Crippen molar-refractivity contribution in [1.82, 2.24) is 15.0 Å². The van der Waals surface area contributed by atoms with Gasteiger partial charge in [0.05, 0.1) is 11.3 Å². The van der Waals surface area contributed by atoms with Gasteiger partial charge >= 0.3 is 18.2 Å². The van der Waals surface area contributed by atoms with Crippen molar-refractivity contribution in [1.29, 1.82) is 0 Å². The Hall–Kier alpha value is -5.65. The number of para-hydroxylation sites is 2. The van der Waals surface area contributed by atoms with Gasteiger partial charge < -0.3 is 9.47 Å². The molecule has 0 unspecified atom stereocenters. The number of aromatic nitrogens is 3. The molecule has 12 heteroatoms. The zero-order valence-corrected chi connectivity index (χ0v) is 21.1. The minimum atomic E-state index is -4.67.